The zero-order chi connectivity index (χ0) is 19.8. The molecule has 0 aliphatic heterocycles. The highest BCUT2D eigenvalue weighted by Gasteiger charge is 2.07. The molecule has 0 saturated heterocycles. The second kappa shape index (κ2) is 9.33. The number of allylic oxidation sites excluding steroid dienone is 1. The van der Waals surface area contributed by atoms with Crippen molar-refractivity contribution in [3.05, 3.63) is 107 Å². The molecule has 140 valence electrons. The van der Waals surface area contributed by atoms with E-state index in [-0.39, 0.29) is 23.0 Å². The van der Waals surface area contributed by atoms with Crippen molar-refractivity contribution in [3.8, 4) is 5.75 Å². The first kappa shape index (κ1) is 19.1. The van der Waals surface area contributed by atoms with Crippen molar-refractivity contribution >= 4 is 17.8 Å². The second-order valence-electron chi connectivity index (χ2n) is 6.33. The molecule has 0 saturated carbocycles. The number of rotatable bonds is 7. The molecule has 4 nitrogen and oxygen atoms in total. The molecule has 1 amide bonds. The van der Waals surface area contributed by atoms with Gasteiger partial charge in [0.15, 0.2) is 5.78 Å². The fourth-order valence-corrected chi connectivity index (χ4v) is 2.76. The van der Waals surface area contributed by atoms with Gasteiger partial charge >= 0.3 is 0 Å². The van der Waals surface area contributed by atoms with E-state index >= 15 is 0 Å². The molecule has 0 fully saturated rings. The third-order valence-corrected chi connectivity index (χ3v) is 4.31. The monoisotopic (exact) mass is 371 g/mol. The second-order valence-corrected chi connectivity index (χ2v) is 6.33. The maximum atomic E-state index is 12.2. The van der Waals surface area contributed by atoms with Gasteiger partial charge in [-0.1, -0.05) is 60.7 Å². The van der Waals surface area contributed by atoms with Crippen molar-refractivity contribution in [1.29, 1.82) is 0 Å². The molecule has 0 bridgehead atoms. The van der Waals surface area contributed by atoms with Crippen LogP contribution in [0, 0.1) is 0 Å². The van der Waals surface area contributed by atoms with E-state index in [1.807, 2.05) is 30.3 Å². The Morgan fingerprint density at radius 1 is 0.857 bits per heavy atom. The van der Waals surface area contributed by atoms with Gasteiger partial charge in [0.25, 0.3) is 5.91 Å². The molecule has 0 spiro atoms. The SMILES string of the molecule is O=C(NCCc1ccccc1)c1ccc(/C=C/C(=O)c2ccccc2O)cc1. The quantitative estimate of drug-likeness (QED) is 0.482. The Morgan fingerprint density at radius 3 is 2.25 bits per heavy atom. The van der Waals surface area contributed by atoms with Crippen LogP contribution in [-0.2, 0) is 6.42 Å². The van der Waals surface area contributed by atoms with Gasteiger partial charge < -0.3 is 10.4 Å². The van der Waals surface area contributed by atoms with Gasteiger partial charge in [0.2, 0.25) is 0 Å². The number of para-hydroxylation sites is 1. The Hall–Kier alpha value is -3.66. The predicted octanol–water partition coefficient (Wildman–Crippen LogP) is 4.26. The summed E-state index contributed by atoms with van der Waals surface area (Å²) in [5.41, 5.74) is 2.80. The van der Waals surface area contributed by atoms with E-state index in [2.05, 4.69) is 5.32 Å². The first-order valence-corrected chi connectivity index (χ1v) is 9.06. The zero-order valence-electron chi connectivity index (χ0n) is 15.3. The van der Waals surface area contributed by atoms with Crippen molar-refractivity contribution in [2.75, 3.05) is 6.54 Å². The Bertz CT molecular complexity index is 976. The van der Waals surface area contributed by atoms with Gasteiger partial charge in [0.1, 0.15) is 5.75 Å². The summed E-state index contributed by atoms with van der Waals surface area (Å²) in [5.74, 6) is -0.447. The lowest BCUT2D eigenvalue weighted by Crippen LogP contribution is -2.25. The third-order valence-electron chi connectivity index (χ3n) is 4.31. The summed E-state index contributed by atoms with van der Waals surface area (Å²) < 4.78 is 0. The fourth-order valence-electron chi connectivity index (χ4n) is 2.76. The van der Waals surface area contributed by atoms with Gasteiger partial charge in [0, 0.05) is 12.1 Å². The van der Waals surface area contributed by atoms with Gasteiger partial charge in [-0.3, -0.25) is 9.59 Å². The first-order valence-electron chi connectivity index (χ1n) is 9.06. The van der Waals surface area contributed by atoms with Gasteiger partial charge in [0.05, 0.1) is 5.56 Å². The summed E-state index contributed by atoms with van der Waals surface area (Å²) in [4.78, 5) is 24.4. The van der Waals surface area contributed by atoms with Gasteiger partial charge in [-0.25, -0.2) is 0 Å². The first-order chi connectivity index (χ1) is 13.6. The molecule has 2 N–H and O–H groups in total. The summed E-state index contributed by atoms with van der Waals surface area (Å²) >= 11 is 0. The lowest BCUT2D eigenvalue weighted by molar-refractivity contribution is 0.0953. The average molecular weight is 371 g/mol. The van der Waals surface area contributed by atoms with E-state index in [0.717, 1.165) is 12.0 Å². The normalized spacial score (nSPS) is 10.7. The number of carbonyl (C=O) groups excluding carboxylic acids is 2. The number of hydrogen-bond donors (Lipinski definition) is 2. The van der Waals surface area contributed by atoms with Crippen LogP contribution in [0.15, 0.2) is 84.9 Å². The van der Waals surface area contributed by atoms with E-state index in [0.29, 0.717) is 12.1 Å². The van der Waals surface area contributed by atoms with Crippen LogP contribution in [0.1, 0.15) is 31.8 Å². The number of amides is 1. The van der Waals surface area contributed by atoms with E-state index < -0.39 is 0 Å². The lowest BCUT2D eigenvalue weighted by Gasteiger charge is -2.06. The summed E-state index contributed by atoms with van der Waals surface area (Å²) in [7, 11) is 0. The van der Waals surface area contributed by atoms with Crippen molar-refractivity contribution < 1.29 is 14.7 Å². The van der Waals surface area contributed by atoms with E-state index in [1.165, 1.54) is 17.7 Å². The summed E-state index contributed by atoms with van der Waals surface area (Å²) in [6.45, 7) is 0.569. The molecule has 0 radical (unpaired) electrons. The van der Waals surface area contributed by atoms with Gasteiger partial charge in [-0.15, -0.1) is 0 Å². The number of carbonyl (C=O) groups is 2. The standard InChI is InChI=1S/C24H21NO3/c26-22-9-5-4-8-21(22)23(27)15-12-19-10-13-20(14-11-19)24(28)25-17-16-18-6-2-1-3-7-18/h1-15,26H,16-17H2,(H,25,28)/b15-12+. The molecule has 0 aliphatic rings. The number of phenolic OH excluding ortho intramolecular Hbond substituents is 1. The average Bonchev–Trinajstić information content (AvgIpc) is 2.73. The number of hydrogen-bond acceptors (Lipinski definition) is 3. The number of aromatic hydroxyl groups is 1. The summed E-state index contributed by atoms with van der Waals surface area (Å²) in [5, 5.41) is 12.6. The van der Waals surface area contributed by atoms with Crippen LogP contribution in [-0.4, -0.2) is 23.3 Å². The number of nitrogens with one attached hydrogen (secondary N) is 1. The van der Waals surface area contributed by atoms with Gasteiger partial charge in [-0.2, -0.15) is 0 Å². The smallest absolute Gasteiger partial charge is 0.251 e. The van der Waals surface area contributed by atoms with E-state index in [1.54, 1.807) is 48.5 Å². The molecule has 0 atom stereocenters. The largest absolute Gasteiger partial charge is 0.507 e. The molecule has 3 aromatic rings. The maximum absolute atomic E-state index is 12.2. The predicted molar refractivity (Wildman–Crippen MR) is 110 cm³/mol. The minimum atomic E-state index is -0.277. The summed E-state index contributed by atoms with van der Waals surface area (Å²) in [6, 6.07) is 23.4. The molecular weight excluding hydrogens is 350 g/mol. The Kier molecular flexibility index (Phi) is 6.37. The van der Waals surface area contributed by atoms with Crippen molar-refractivity contribution in [1.82, 2.24) is 5.32 Å². The molecule has 0 aromatic heterocycles. The Morgan fingerprint density at radius 2 is 1.54 bits per heavy atom. The van der Waals surface area contributed by atoms with E-state index in [4.69, 9.17) is 0 Å². The van der Waals surface area contributed by atoms with Crippen molar-refractivity contribution in [2.45, 2.75) is 6.42 Å². The van der Waals surface area contributed by atoms with E-state index in [9.17, 15) is 14.7 Å². The molecule has 3 aromatic carbocycles. The van der Waals surface area contributed by atoms with Crippen LogP contribution >= 0.6 is 0 Å². The van der Waals surface area contributed by atoms with Crippen LogP contribution in [0.25, 0.3) is 6.08 Å². The molecule has 0 heterocycles. The highest BCUT2D eigenvalue weighted by atomic mass is 16.3. The van der Waals surface area contributed by atoms with Crippen molar-refractivity contribution in [2.24, 2.45) is 0 Å². The minimum Gasteiger partial charge on any atom is -0.507 e. The molecule has 0 aliphatic carbocycles. The lowest BCUT2D eigenvalue weighted by atomic mass is 10.1. The number of benzene rings is 3. The highest BCUT2D eigenvalue weighted by Crippen LogP contribution is 2.17. The third kappa shape index (κ3) is 5.17. The molecule has 0 unspecified atom stereocenters. The molecule has 28 heavy (non-hydrogen) atoms. The van der Waals surface area contributed by atoms with Crippen LogP contribution in [0.4, 0.5) is 0 Å². The van der Waals surface area contributed by atoms with Crippen LogP contribution in [0.3, 0.4) is 0 Å². The highest BCUT2D eigenvalue weighted by molar-refractivity contribution is 6.08. The van der Waals surface area contributed by atoms with Crippen LogP contribution < -0.4 is 5.32 Å². The van der Waals surface area contributed by atoms with Crippen LogP contribution in [0.5, 0.6) is 5.75 Å². The topological polar surface area (TPSA) is 66.4 Å². The maximum Gasteiger partial charge on any atom is 0.251 e. The molecular formula is C24H21NO3. The minimum absolute atomic E-state index is 0.0420. The Balaban J connectivity index is 1.54. The fraction of sp³-hybridized carbons (Fsp3) is 0.0833. The molecule has 3 rings (SSSR count). The Labute approximate surface area is 164 Å². The summed E-state index contributed by atoms with van der Waals surface area (Å²) in [6.07, 6.45) is 3.84. The van der Waals surface area contributed by atoms with Crippen LogP contribution in [0.2, 0.25) is 0 Å². The molecule has 4 heteroatoms. The zero-order valence-corrected chi connectivity index (χ0v) is 15.3. The number of phenols is 1. The number of ketones is 1. The van der Waals surface area contributed by atoms with Crippen molar-refractivity contribution in [3.63, 3.8) is 0 Å². The van der Waals surface area contributed by atoms with Gasteiger partial charge in [-0.05, 0) is 47.9 Å².